The van der Waals surface area contributed by atoms with Gasteiger partial charge in [-0.05, 0) is 6.07 Å². The molecule has 0 radical (unpaired) electrons. The predicted molar refractivity (Wildman–Crippen MR) is 87.5 cm³/mol. The van der Waals surface area contributed by atoms with E-state index in [0.717, 1.165) is 27.4 Å². The molecule has 2 rings (SSSR count). The van der Waals surface area contributed by atoms with Crippen LogP contribution in [0.15, 0.2) is 17.7 Å². The maximum absolute atomic E-state index is 12.3. The van der Waals surface area contributed by atoms with E-state index < -0.39 is 69.8 Å². The summed E-state index contributed by atoms with van der Waals surface area (Å²) in [6.45, 7) is 0. The third-order valence-electron chi connectivity index (χ3n) is 4.03. The lowest BCUT2D eigenvalue weighted by Gasteiger charge is -2.32. The molecule has 11 heteroatoms. The zero-order valence-corrected chi connectivity index (χ0v) is 14.9. The summed E-state index contributed by atoms with van der Waals surface area (Å²) < 4.78 is 18.6. The molecule has 1 aromatic carbocycles. The molecule has 0 amide bonds. The predicted octanol–water partition coefficient (Wildman–Crippen LogP) is -0.129. The molecule has 0 aliphatic carbocycles. The van der Waals surface area contributed by atoms with Crippen LogP contribution in [0.1, 0.15) is 21.8 Å². The molecule has 1 aromatic rings. The molecular formula is C17H16O11. The SMILES string of the molecule is COC(=O)C=C(C(=O)OC)C1c2c(cc(O)c(O)c2O)C(=O)OC1C(=O)OC. The van der Waals surface area contributed by atoms with Crippen LogP contribution >= 0.6 is 0 Å². The number of phenols is 3. The van der Waals surface area contributed by atoms with E-state index in [1.165, 1.54) is 0 Å². The standard InChI is InChI=1S/C17H16O11/c1-25-9(19)5-7(15(22)26-2)11-10-6(4-8(18)12(20)13(10)21)16(23)28-14(11)17(24)27-3/h4-5,11,14,18,20-21H,1-3H3. The van der Waals surface area contributed by atoms with Crippen LogP contribution in [0.2, 0.25) is 0 Å². The Morgan fingerprint density at radius 1 is 1.04 bits per heavy atom. The Hall–Kier alpha value is -3.76. The van der Waals surface area contributed by atoms with E-state index in [1.54, 1.807) is 0 Å². The fraction of sp³-hybridized carbons (Fsp3) is 0.294. The Bertz CT molecular complexity index is 884. The van der Waals surface area contributed by atoms with Crippen LogP contribution in [0.4, 0.5) is 0 Å². The second-order valence-corrected chi connectivity index (χ2v) is 5.50. The van der Waals surface area contributed by atoms with Crippen LogP contribution in [0.25, 0.3) is 0 Å². The summed E-state index contributed by atoms with van der Waals surface area (Å²) in [4.78, 5) is 48.5. The van der Waals surface area contributed by atoms with E-state index in [0.29, 0.717) is 6.08 Å². The van der Waals surface area contributed by atoms with E-state index in [4.69, 9.17) is 4.74 Å². The lowest BCUT2D eigenvalue weighted by molar-refractivity contribution is -0.152. The zero-order valence-electron chi connectivity index (χ0n) is 14.9. The van der Waals surface area contributed by atoms with Crippen molar-refractivity contribution in [3.05, 3.63) is 28.8 Å². The number of rotatable bonds is 4. The van der Waals surface area contributed by atoms with Gasteiger partial charge in [0.15, 0.2) is 11.5 Å². The fourth-order valence-electron chi connectivity index (χ4n) is 2.74. The summed E-state index contributed by atoms with van der Waals surface area (Å²) >= 11 is 0. The molecule has 1 aliphatic rings. The van der Waals surface area contributed by atoms with Crippen molar-refractivity contribution in [2.75, 3.05) is 21.3 Å². The minimum atomic E-state index is -1.81. The van der Waals surface area contributed by atoms with Gasteiger partial charge in [0.25, 0.3) is 0 Å². The molecule has 0 saturated heterocycles. The first kappa shape index (κ1) is 20.6. The summed E-state index contributed by atoms with van der Waals surface area (Å²) in [5.41, 5.74) is -1.42. The topological polar surface area (TPSA) is 166 Å². The Labute approximate surface area is 157 Å². The van der Waals surface area contributed by atoms with Gasteiger partial charge < -0.3 is 34.3 Å². The second kappa shape index (κ2) is 7.86. The van der Waals surface area contributed by atoms with Gasteiger partial charge in [0, 0.05) is 11.6 Å². The number of ether oxygens (including phenoxy) is 4. The molecule has 0 aromatic heterocycles. The summed E-state index contributed by atoms with van der Waals surface area (Å²) in [7, 11) is 3.00. The molecule has 28 heavy (non-hydrogen) atoms. The quantitative estimate of drug-likeness (QED) is 0.268. The maximum atomic E-state index is 12.3. The molecule has 11 nitrogen and oxygen atoms in total. The lowest BCUT2D eigenvalue weighted by atomic mass is 9.80. The highest BCUT2D eigenvalue weighted by Gasteiger charge is 2.47. The number of aromatic hydroxyl groups is 3. The zero-order chi connectivity index (χ0) is 21.2. The molecule has 1 heterocycles. The number of hydrogen-bond acceptors (Lipinski definition) is 11. The molecule has 0 spiro atoms. The maximum Gasteiger partial charge on any atom is 0.348 e. The van der Waals surface area contributed by atoms with Crippen molar-refractivity contribution in [3.8, 4) is 17.2 Å². The van der Waals surface area contributed by atoms with Crippen molar-refractivity contribution >= 4 is 23.9 Å². The minimum absolute atomic E-state index is 0.442. The first-order valence-corrected chi connectivity index (χ1v) is 7.62. The van der Waals surface area contributed by atoms with Crippen LogP contribution in [0.5, 0.6) is 17.2 Å². The number of benzene rings is 1. The molecule has 0 bridgehead atoms. The third kappa shape index (κ3) is 3.41. The lowest BCUT2D eigenvalue weighted by Crippen LogP contribution is -2.41. The molecule has 2 atom stereocenters. The first-order valence-electron chi connectivity index (χ1n) is 7.62. The molecule has 0 saturated carbocycles. The van der Waals surface area contributed by atoms with Crippen LogP contribution in [-0.2, 0) is 33.3 Å². The highest BCUT2D eigenvalue weighted by Crippen LogP contribution is 2.49. The normalized spacial score (nSPS) is 18.5. The molecule has 150 valence electrons. The van der Waals surface area contributed by atoms with Gasteiger partial charge in [-0.3, -0.25) is 0 Å². The smallest absolute Gasteiger partial charge is 0.348 e. The van der Waals surface area contributed by atoms with Crippen molar-refractivity contribution in [1.82, 2.24) is 0 Å². The van der Waals surface area contributed by atoms with Crippen molar-refractivity contribution in [2.45, 2.75) is 12.0 Å². The Balaban J connectivity index is 2.87. The number of carbonyl (C=O) groups is 4. The van der Waals surface area contributed by atoms with E-state index in [2.05, 4.69) is 14.2 Å². The molecule has 0 fully saturated rings. The summed E-state index contributed by atoms with van der Waals surface area (Å²) in [5.74, 6) is -8.84. The Morgan fingerprint density at radius 3 is 2.21 bits per heavy atom. The summed E-state index contributed by atoms with van der Waals surface area (Å²) in [6, 6.07) is 0.778. The Morgan fingerprint density at radius 2 is 1.68 bits per heavy atom. The van der Waals surface area contributed by atoms with Crippen LogP contribution in [0, 0.1) is 0 Å². The van der Waals surface area contributed by atoms with E-state index in [-0.39, 0.29) is 0 Å². The van der Waals surface area contributed by atoms with Crippen molar-refractivity contribution < 1.29 is 53.4 Å². The molecular weight excluding hydrogens is 380 g/mol. The van der Waals surface area contributed by atoms with Gasteiger partial charge in [0.05, 0.1) is 38.4 Å². The van der Waals surface area contributed by atoms with Gasteiger partial charge in [-0.15, -0.1) is 0 Å². The largest absolute Gasteiger partial charge is 0.504 e. The van der Waals surface area contributed by atoms with Crippen molar-refractivity contribution in [3.63, 3.8) is 0 Å². The second-order valence-electron chi connectivity index (χ2n) is 5.50. The van der Waals surface area contributed by atoms with Crippen LogP contribution in [-0.4, -0.2) is 66.6 Å². The van der Waals surface area contributed by atoms with E-state index in [9.17, 15) is 34.5 Å². The number of carbonyl (C=O) groups excluding carboxylic acids is 4. The summed E-state index contributed by atoms with van der Waals surface area (Å²) in [5, 5.41) is 29.8. The number of esters is 4. The average molecular weight is 396 g/mol. The highest BCUT2D eigenvalue weighted by molar-refractivity contribution is 6.03. The van der Waals surface area contributed by atoms with Crippen molar-refractivity contribution in [2.24, 2.45) is 0 Å². The average Bonchev–Trinajstić information content (AvgIpc) is 2.69. The number of phenolic OH excluding ortho intramolecular Hbond substituents is 3. The first-order chi connectivity index (χ1) is 13.2. The monoisotopic (exact) mass is 396 g/mol. The Kier molecular flexibility index (Phi) is 5.77. The highest BCUT2D eigenvalue weighted by atomic mass is 16.6. The van der Waals surface area contributed by atoms with Crippen LogP contribution in [0.3, 0.4) is 0 Å². The number of fused-ring (bicyclic) bond motifs is 1. The minimum Gasteiger partial charge on any atom is -0.504 e. The van der Waals surface area contributed by atoms with E-state index >= 15 is 0 Å². The summed E-state index contributed by atoms with van der Waals surface area (Å²) in [6.07, 6.45) is -1.13. The van der Waals surface area contributed by atoms with Gasteiger partial charge in [-0.2, -0.15) is 0 Å². The van der Waals surface area contributed by atoms with E-state index in [1.807, 2.05) is 0 Å². The third-order valence-corrected chi connectivity index (χ3v) is 4.03. The number of methoxy groups -OCH3 is 3. The number of hydrogen-bond donors (Lipinski definition) is 3. The number of cyclic esters (lactones) is 1. The molecule has 1 aliphatic heterocycles. The van der Waals surface area contributed by atoms with Crippen LogP contribution < -0.4 is 0 Å². The van der Waals surface area contributed by atoms with Gasteiger partial charge in [0.1, 0.15) is 0 Å². The fourth-order valence-corrected chi connectivity index (χ4v) is 2.74. The molecule has 3 N–H and O–H groups in total. The van der Waals surface area contributed by atoms with Gasteiger partial charge in [-0.25, -0.2) is 19.2 Å². The van der Waals surface area contributed by atoms with Gasteiger partial charge in [-0.1, -0.05) is 0 Å². The van der Waals surface area contributed by atoms with Gasteiger partial charge >= 0.3 is 23.9 Å². The van der Waals surface area contributed by atoms with Gasteiger partial charge in [0.2, 0.25) is 11.9 Å². The molecule has 2 unspecified atom stereocenters. The van der Waals surface area contributed by atoms with Crippen molar-refractivity contribution in [1.29, 1.82) is 0 Å².